The van der Waals surface area contributed by atoms with Crippen LogP contribution in [0.3, 0.4) is 0 Å². The molecule has 0 unspecified atom stereocenters. The number of hydrogen-bond acceptors (Lipinski definition) is 2. The molecule has 0 atom stereocenters. The maximum absolute atomic E-state index is 13.7. The molecule has 0 aliphatic rings. The third-order valence-corrected chi connectivity index (χ3v) is 4.16. The molecule has 0 fully saturated rings. The topological polar surface area (TPSA) is 21.3 Å². The van der Waals surface area contributed by atoms with Gasteiger partial charge < -0.3 is 10.1 Å². The number of ether oxygens (including phenoxy) is 1. The molecular weight excluding hydrogens is 357 g/mol. The van der Waals surface area contributed by atoms with E-state index in [9.17, 15) is 4.39 Å². The van der Waals surface area contributed by atoms with Crippen molar-refractivity contribution in [1.29, 1.82) is 0 Å². The van der Waals surface area contributed by atoms with Crippen molar-refractivity contribution in [3.63, 3.8) is 0 Å². The molecule has 112 valence electrons. The minimum absolute atomic E-state index is 0.105. The van der Waals surface area contributed by atoms with Gasteiger partial charge in [-0.2, -0.15) is 0 Å². The van der Waals surface area contributed by atoms with Crippen LogP contribution in [0, 0.1) is 5.82 Å². The minimum Gasteiger partial charge on any atom is -0.489 e. The molecule has 1 N–H and O–H groups in total. The standard InChI is InChI=1S/C16H16BrClFNO/c1-2-20-9-11-8-12(6-7-14(11)17)21-10-13-15(18)4-3-5-16(13)19/h3-8,20H,2,9-10H2,1H3. The first-order chi connectivity index (χ1) is 10.1. The van der Waals surface area contributed by atoms with Crippen molar-refractivity contribution >= 4 is 27.5 Å². The van der Waals surface area contributed by atoms with Crippen LogP contribution in [0.4, 0.5) is 4.39 Å². The zero-order valence-corrected chi connectivity index (χ0v) is 14.0. The van der Waals surface area contributed by atoms with E-state index in [-0.39, 0.29) is 12.4 Å². The maximum Gasteiger partial charge on any atom is 0.131 e. The lowest BCUT2D eigenvalue weighted by Gasteiger charge is -2.11. The lowest BCUT2D eigenvalue weighted by atomic mass is 10.2. The van der Waals surface area contributed by atoms with Crippen LogP contribution in [-0.2, 0) is 13.2 Å². The van der Waals surface area contributed by atoms with E-state index in [1.165, 1.54) is 6.07 Å². The van der Waals surface area contributed by atoms with Crippen molar-refractivity contribution in [1.82, 2.24) is 5.32 Å². The fraction of sp³-hybridized carbons (Fsp3) is 0.250. The van der Waals surface area contributed by atoms with Crippen molar-refractivity contribution in [3.05, 3.63) is 62.8 Å². The van der Waals surface area contributed by atoms with E-state index in [2.05, 4.69) is 28.2 Å². The van der Waals surface area contributed by atoms with E-state index >= 15 is 0 Å². The summed E-state index contributed by atoms with van der Waals surface area (Å²) in [6.45, 7) is 3.79. The molecule has 5 heteroatoms. The highest BCUT2D eigenvalue weighted by Crippen LogP contribution is 2.25. The summed E-state index contributed by atoms with van der Waals surface area (Å²) in [5.74, 6) is 0.331. The average molecular weight is 373 g/mol. The van der Waals surface area contributed by atoms with Crippen molar-refractivity contribution in [2.75, 3.05) is 6.54 Å². The second-order valence-corrected chi connectivity index (χ2v) is 5.78. The molecule has 2 nitrogen and oxygen atoms in total. The number of benzene rings is 2. The van der Waals surface area contributed by atoms with Crippen molar-refractivity contribution < 1.29 is 9.13 Å². The van der Waals surface area contributed by atoms with Crippen LogP contribution in [0.15, 0.2) is 40.9 Å². The molecule has 21 heavy (non-hydrogen) atoms. The Labute approximate surface area is 137 Å². The Bertz CT molecular complexity index is 601. The van der Waals surface area contributed by atoms with E-state index < -0.39 is 0 Å². The summed E-state index contributed by atoms with van der Waals surface area (Å²) >= 11 is 9.49. The normalized spacial score (nSPS) is 10.7. The summed E-state index contributed by atoms with van der Waals surface area (Å²) in [4.78, 5) is 0. The molecular formula is C16H16BrClFNO. The first kappa shape index (κ1) is 16.3. The Kier molecular flexibility index (Phi) is 6.03. The van der Waals surface area contributed by atoms with Gasteiger partial charge in [0.05, 0.1) is 5.02 Å². The fourth-order valence-corrected chi connectivity index (χ4v) is 2.47. The quantitative estimate of drug-likeness (QED) is 0.776. The number of rotatable bonds is 6. The molecule has 0 aliphatic heterocycles. The SMILES string of the molecule is CCNCc1cc(OCc2c(F)cccc2Cl)ccc1Br. The second kappa shape index (κ2) is 7.78. The Morgan fingerprint density at radius 2 is 2.10 bits per heavy atom. The van der Waals surface area contributed by atoms with Crippen molar-refractivity contribution in [3.8, 4) is 5.75 Å². The zero-order valence-electron chi connectivity index (χ0n) is 11.6. The van der Waals surface area contributed by atoms with Gasteiger partial charge in [0.1, 0.15) is 18.2 Å². The van der Waals surface area contributed by atoms with Crippen LogP contribution in [0.1, 0.15) is 18.1 Å². The first-order valence-electron chi connectivity index (χ1n) is 6.66. The molecule has 0 saturated carbocycles. The molecule has 0 aliphatic carbocycles. The summed E-state index contributed by atoms with van der Waals surface area (Å²) in [5.41, 5.74) is 1.46. The molecule has 2 aromatic carbocycles. The summed E-state index contributed by atoms with van der Waals surface area (Å²) in [6.07, 6.45) is 0. The van der Waals surface area contributed by atoms with Gasteiger partial charge in [-0.25, -0.2) is 4.39 Å². The fourth-order valence-electron chi connectivity index (χ4n) is 1.86. The summed E-state index contributed by atoms with van der Waals surface area (Å²) in [5, 5.41) is 3.63. The van der Waals surface area contributed by atoms with Gasteiger partial charge in [-0.1, -0.05) is 40.5 Å². The summed E-state index contributed by atoms with van der Waals surface area (Å²) < 4.78 is 20.4. The Hall–Kier alpha value is -1.10. The molecule has 0 spiro atoms. The van der Waals surface area contributed by atoms with Crippen LogP contribution >= 0.6 is 27.5 Å². The summed E-state index contributed by atoms with van der Waals surface area (Å²) in [7, 11) is 0. The third-order valence-electron chi connectivity index (χ3n) is 3.03. The van der Waals surface area contributed by atoms with Gasteiger partial charge in [0.25, 0.3) is 0 Å². The molecule has 0 bridgehead atoms. The van der Waals surface area contributed by atoms with Crippen molar-refractivity contribution in [2.24, 2.45) is 0 Å². The van der Waals surface area contributed by atoms with Gasteiger partial charge in [-0.05, 0) is 42.4 Å². The summed E-state index contributed by atoms with van der Waals surface area (Å²) in [6, 6.07) is 10.3. The molecule has 0 heterocycles. The molecule has 2 rings (SSSR count). The van der Waals surface area contributed by atoms with Crippen molar-refractivity contribution in [2.45, 2.75) is 20.1 Å². The van der Waals surface area contributed by atoms with E-state index in [0.29, 0.717) is 16.3 Å². The Morgan fingerprint density at radius 1 is 1.29 bits per heavy atom. The smallest absolute Gasteiger partial charge is 0.131 e. The van der Waals surface area contributed by atoms with E-state index in [0.717, 1.165) is 23.1 Å². The van der Waals surface area contributed by atoms with Gasteiger partial charge in [-0.15, -0.1) is 0 Å². The highest BCUT2D eigenvalue weighted by atomic mass is 79.9. The zero-order chi connectivity index (χ0) is 15.2. The lowest BCUT2D eigenvalue weighted by Crippen LogP contribution is -2.12. The molecule has 2 aromatic rings. The molecule has 0 aromatic heterocycles. The van der Waals surface area contributed by atoms with E-state index in [4.69, 9.17) is 16.3 Å². The van der Waals surface area contributed by atoms with Crippen LogP contribution in [-0.4, -0.2) is 6.54 Å². The van der Waals surface area contributed by atoms with Gasteiger partial charge in [0.15, 0.2) is 0 Å². The van der Waals surface area contributed by atoms with E-state index in [1.807, 2.05) is 18.2 Å². The minimum atomic E-state index is -0.354. The number of nitrogens with one attached hydrogen (secondary N) is 1. The second-order valence-electron chi connectivity index (χ2n) is 4.52. The first-order valence-corrected chi connectivity index (χ1v) is 7.83. The van der Waals surface area contributed by atoms with Gasteiger partial charge >= 0.3 is 0 Å². The highest BCUT2D eigenvalue weighted by molar-refractivity contribution is 9.10. The monoisotopic (exact) mass is 371 g/mol. The van der Waals surface area contributed by atoms with Crippen LogP contribution < -0.4 is 10.1 Å². The van der Waals surface area contributed by atoms with Crippen LogP contribution in [0.5, 0.6) is 5.75 Å². The van der Waals surface area contributed by atoms with Gasteiger partial charge in [-0.3, -0.25) is 0 Å². The Balaban J connectivity index is 2.09. The Morgan fingerprint density at radius 3 is 2.81 bits per heavy atom. The number of halogens is 3. The third kappa shape index (κ3) is 4.43. The van der Waals surface area contributed by atoms with Gasteiger partial charge in [0, 0.05) is 16.6 Å². The predicted octanol–water partition coefficient (Wildman–Crippen LogP) is 4.93. The van der Waals surface area contributed by atoms with Crippen LogP contribution in [0.2, 0.25) is 5.02 Å². The molecule has 0 saturated heterocycles. The van der Waals surface area contributed by atoms with E-state index in [1.54, 1.807) is 12.1 Å². The van der Waals surface area contributed by atoms with Gasteiger partial charge in [0.2, 0.25) is 0 Å². The predicted molar refractivity (Wildman–Crippen MR) is 87.3 cm³/mol. The number of hydrogen-bond donors (Lipinski definition) is 1. The van der Waals surface area contributed by atoms with Crippen LogP contribution in [0.25, 0.3) is 0 Å². The molecule has 0 amide bonds. The highest BCUT2D eigenvalue weighted by Gasteiger charge is 2.08. The average Bonchev–Trinajstić information content (AvgIpc) is 2.47. The largest absolute Gasteiger partial charge is 0.489 e. The lowest BCUT2D eigenvalue weighted by molar-refractivity contribution is 0.299. The maximum atomic E-state index is 13.7. The molecule has 0 radical (unpaired) electrons.